The van der Waals surface area contributed by atoms with Crippen LogP contribution in [0.4, 0.5) is 0 Å². The lowest BCUT2D eigenvalue weighted by atomic mass is 10.1. The molecule has 0 spiro atoms. The van der Waals surface area contributed by atoms with Crippen LogP contribution in [0.25, 0.3) is 0 Å². The average molecular weight is 315 g/mol. The number of rotatable bonds is 5. The maximum Gasteiger partial charge on any atom is 0.346 e. The Kier molecular flexibility index (Phi) is 5.34. The van der Waals surface area contributed by atoms with Gasteiger partial charge in [-0.05, 0) is 25.1 Å². The van der Waals surface area contributed by atoms with E-state index in [-0.39, 0.29) is 5.78 Å². The van der Waals surface area contributed by atoms with Gasteiger partial charge in [-0.1, -0.05) is 22.9 Å². The molecule has 1 aromatic rings. The zero-order chi connectivity index (χ0) is 13.7. The summed E-state index contributed by atoms with van der Waals surface area (Å²) in [5.41, 5.74) is 0.461. The number of carbonyl (C=O) groups is 2. The molecule has 0 saturated heterocycles. The molecule has 1 aromatic carbocycles. The molecule has 0 aliphatic rings. The first kappa shape index (κ1) is 14.7. The third kappa shape index (κ3) is 3.57. The molecule has 0 aliphatic carbocycles. The van der Waals surface area contributed by atoms with Gasteiger partial charge in [0.1, 0.15) is 5.75 Å². The number of ketones is 1. The SMILES string of the molecule is CCC(=O)c1cc(Br)ccc1OC(C)C(=O)OC. The second kappa shape index (κ2) is 6.54. The molecule has 5 heteroatoms. The Hall–Kier alpha value is -1.36. The van der Waals surface area contributed by atoms with Crippen molar-refractivity contribution in [1.29, 1.82) is 0 Å². The minimum absolute atomic E-state index is 0.0386. The van der Waals surface area contributed by atoms with Crippen molar-refractivity contribution in [2.24, 2.45) is 0 Å². The highest BCUT2D eigenvalue weighted by atomic mass is 79.9. The molecule has 1 atom stereocenters. The highest BCUT2D eigenvalue weighted by Gasteiger charge is 2.18. The van der Waals surface area contributed by atoms with E-state index in [1.807, 2.05) is 0 Å². The second-order valence-corrected chi connectivity index (χ2v) is 4.62. The zero-order valence-corrected chi connectivity index (χ0v) is 12.1. The highest BCUT2D eigenvalue weighted by molar-refractivity contribution is 9.10. The van der Waals surface area contributed by atoms with Crippen molar-refractivity contribution in [3.63, 3.8) is 0 Å². The lowest BCUT2D eigenvalue weighted by Crippen LogP contribution is -2.25. The van der Waals surface area contributed by atoms with Crippen molar-refractivity contribution >= 4 is 27.7 Å². The van der Waals surface area contributed by atoms with E-state index in [1.54, 1.807) is 32.0 Å². The Morgan fingerprint density at radius 3 is 2.61 bits per heavy atom. The number of benzene rings is 1. The molecule has 4 nitrogen and oxygen atoms in total. The molecule has 0 saturated carbocycles. The normalized spacial score (nSPS) is 11.8. The molecule has 0 heterocycles. The van der Waals surface area contributed by atoms with E-state index in [1.165, 1.54) is 7.11 Å². The lowest BCUT2D eigenvalue weighted by Gasteiger charge is -2.15. The molecule has 0 radical (unpaired) electrons. The van der Waals surface area contributed by atoms with Crippen LogP contribution in [0.3, 0.4) is 0 Å². The van der Waals surface area contributed by atoms with Crippen molar-refractivity contribution in [2.75, 3.05) is 7.11 Å². The van der Waals surface area contributed by atoms with Crippen molar-refractivity contribution < 1.29 is 19.1 Å². The summed E-state index contributed by atoms with van der Waals surface area (Å²) in [4.78, 5) is 23.1. The van der Waals surface area contributed by atoms with Gasteiger partial charge in [-0.3, -0.25) is 4.79 Å². The molecule has 18 heavy (non-hydrogen) atoms. The van der Waals surface area contributed by atoms with Crippen LogP contribution in [0.15, 0.2) is 22.7 Å². The van der Waals surface area contributed by atoms with Crippen LogP contribution in [0.5, 0.6) is 5.75 Å². The van der Waals surface area contributed by atoms with Gasteiger partial charge in [-0.2, -0.15) is 0 Å². The summed E-state index contributed by atoms with van der Waals surface area (Å²) in [6, 6.07) is 5.10. The topological polar surface area (TPSA) is 52.6 Å². The number of hydrogen-bond donors (Lipinski definition) is 0. The van der Waals surface area contributed by atoms with E-state index in [9.17, 15) is 9.59 Å². The van der Waals surface area contributed by atoms with E-state index in [0.29, 0.717) is 17.7 Å². The molecule has 0 aromatic heterocycles. The van der Waals surface area contributed by atoms with Crippen LogP contribution in [0, 0.1) is 0 Å². The Balaban J connectivity index is 3.01. The number of ether oxygens (including phenoxy) is 2. The summed E-state index contributed by atoms with van der Waals surface area (Å²) < 4.78 is 10.8. The second-order valence-electron chi connectivity index (χ2n) is 3.70. The quantitative estimate of drug-likeness (QED) is 0.619. The molecule has 0 amide bonds. The van der Waals surface area contributed by atoms with Gasteiger partial charge in [0.05, 0.1) is 12.7 Å². The molecule has 0 N–H and O–H groups in total. The number of carbonyl (C=O) groups excluding carboxylic acids is 2. The van der Waals surface area contributed by atoms with Gasteiger partial charge in [0.2, 0.25) is 0 Å². The maximum absolute atomic E-state index is 11.8. The zero-order valence-electron chi connectivity index (χ0n) is 10.5. The van der Waals surface area contributed by atoms with E-state index in [0.717, 1.165) is 4.47 Å². The van der Waals surface area contributed by atoms with Gasteiger partial charge < -0.3 is 9.47 Å². The number of hydrogen-bond acceptors (Lipinski definition) is 4. The van der Waals surface area contributed by atoms with Crippen molar-refractivity contribution in [2.45, 2.75) is 26.4 Å². The fourth-order valence-corrected chi connectivity index (χ4v) is 1.78. The van der Waals surface area contributed by atoms with Gasteiger partial charge in [0.15, 0.2) is 11.9 Å². The number of halogens is 1. The number of methoxy groups -OCH3 is 1. The summed E-state index contributed by atoms with van der Waals surface area (Å²) in [7, 11) is 1.29. The minimum atomic E-state index is -0.750. The fourth-order valence-electron chi connectivity index (χ4n) is 1.42. The van der Waals surface area contributed by atoms with Gasteiger partial charge >= 0.3 is 5.97 Å². The van der Waals surface area contributed by atoms with Crippen LogP contribution in [0.2, 0.25) is 0 Å². The molecule has 0 bridgehead atoms. The number of esters is 1. The van der Waals surface area contributed by atoms with Crippen LogP contribution in [0.1, 0.15) is 30.6 Å². The third-order valence-electron chi connectivity index (χ3n) is 2.40. The van der Waals surface area contributed by atoms with Gasteiger partial charge in [0.25, 0.3) is 0 Å². The van der Waals surface area contributed by atoms with E-state index in [4.69, 9.17) is 4.74 Å². The molecular weight excluding hydrogens is 300 g/mol. The summed E-state index contributed by atoms with van der Waals surface area (Å²) in [6.07, 6.45) is -0.376. The van der Waals surface area contributed by atoms with Gasteiger partial charge in [0, 0.05) is 10.9 Å². The largest absolute Gasteiger partial charge is 0.478 e. The smallest absolute Gasteiger partial charge is 0.346 e. The average Bonchev–Trinajstić information content (AvgIpc) is 2.38. The van der Waals surface area contributed by atoms with Crippen molar-refractivity contribution in [1.82, 2.24) is 0 Å². The summed E-state index contributed by atoms with van der Waals surface area (Å²) in [5.74, 6) is -0.126. The summed E-state index contributed by atoms with van der Waals surface area (Å²) in [5, 5.41) is 0. The van der Waals surface area contributed by atoms with Gasteiger partial charge in [-0.15, -0.1) is 0 Å². The van der Waals surface area contributed by atoms with Crippen LogP contribution in [-0.2, 0) is 9.53 Å². The maximum atomic E-state index is 11.8. The molecule has 1 unspecified atom stereocenters. The van der Waals surface area contributed by atoms with E-state index < -0.39 is 12.1 Å². The Labute approximate surface area is 114 Å². The molecule has 0 aliphatic heterocycles. The van der Waals surface area contributed by atoms with Gasteiger partial charge in [-0.25, -0.2) is 4.79 Å². The molecular formula is C13H15BrO4. The predicted molar refractivity (Wildman–Crippen MR) is 70.9 cm³/mol. The fraction of sp³-hybridized carbons (Fsp3) is 0.385. The summed E-state index contributed by atoms with van der Waals surface area (Å²) in [6.45, 7) is 3.35. The van der Waals surface area contributed by atoms with Crippen molar-refractivity contribution in [3.8, 4) is 5.75 Å². The highest BCUT2D eigenvalue weighted by Crippen LogP contribution is 2.25. The third-order valence-corrected chi connectivity index (χ3v) is 2.89. The molecule has 0 fully saturated rings. The molecule has 1 rings (SSSR count). The standard InChI is InChI=1S/C13H15BrO4/c1-4-11(15)10-7-9(14)5-6-12(10)18-8(2)13(16)17-3/h5-8H,4H2,1-3H3. The Morgan fingerprint density at radius 2 is 2.06 bits per heavy atom. The summed E-state index contributed by atoms with van der Waals surface area (Å²) >= 11 is 3.30. The Bertz CT molecular complexity index is 456. The Morgan fingerprint density at radius 1 is 1.39 bits per heavy atom. The van der Waals surface area contributed by atoms with Crippen molar-refractivity contribution in [3.05, 3.63) is 28.2 Å². The first-order chi connectivity index (χ1) is 8.49. The first-order valence-electron chi connectivity index (χ1n) is 5.56. The number of Topliss-reactive ketones (excluding diaryl/α,β-unsaturated/α-hetero) is 1. The lowest BCUT2D eigenvalue weighted by molar-refractivity contribution is -0.147. The van der Waals surface area contributed by atoms with Crippen LogP contribution >= 0.6 is 15.9 Å². The van der Waals surface area contributed by atoms with E-state index >= 15 is 0 Å². The predicted octanol–water partition coefficient (Wildman–Crippen LogP) is 2.98. The van der Waals surface area contributed by atoms with Crippen LogP contribution in [-0.4, -0.2) is 25.0 Å². The minimum Gasteiger partial charge on any atom is -0.478 e. The van der Waals surface area contributed by atoms with E-state index in [2.05, 4.69) is 20.7 Å². The first-order valence-corrected chi connectivity index (χ1v) is 6.36. The molecule has 98 valence electrons. The van der Waals surface area contributed by atoms with Crippen LogP contribution < -0.4 is 4.74 Å². The monoisotopic (exact) mass is 314 g/mol.